The van der Waals surface area contributed by atoms with E-state index in [4.69, 9.17) is 0 Å². The Morgan fingerprint density at radius 3 is 2.18 bits per heavy atom. The van der Waals surface area contributed by atoms with Crippen LogP contribution in [0.5, 0.6) is 0 Å². The molecule has 1 nitrogen and oxygen atoms in total. The van der Waals surface area contributed by atoms with Crippen molar-refractivity contribution in [3.8, 4) is 22.4 Å². The van der Waals surface area contributed by atoms with E-state index in [9.17, 15) is 17.6 Å². The van der Waals surface area contributed by atoms with E-state index in [1.54, 1.807) is 18.3 Å². The molecule has 0 aliphatic heterocycles. The number of aromatic nitrogens is 1. The molecule has 144 valence electrons. The van der Waals surface area contributed by atoms with Crippen LogP contribution >= 0.6 is 0 Å². The molecule has 0 saturated carbocycles. The van der Waals surface area contributed by atoms with E-state index in [0.717, 1.165) is 30.5 Å². The minimum absolute atomic E-state index is 0.0145. The predicted molar refractivity (Wildman–Crippen MR) is 104 cm³/mol. The van der Waals surface area contributed by atoms with Crippen LogP contribution in [0, 0.1) is 17.5 Å². The van der Waals surface area contributed by atoms with Gasteiger partial charge in [-0.15, -0.1) is 0 Å². The monoisotopic (exact) mass is 385 g/mol. The Bertz CT molecular complexity index is 971. The molecule has 0 atom stereocenters. The van der Waals surface area contributed by atoms with Gasteiger partial charge in [-0.1, -0.05) is 43.7 Å². The molecule has 28 heavy (non-hydrogen) atoms. The van der Waals surface area contributed by atoms with E-state index in [-0.39, 0.29) is 11.1 Å². The summed E-state index contributed by atoms with van der Waals surface area (Å²) in [7, 11) is 0. The van der Waals surface area contributed by atoms with Gasteiger partial charge in [-0.3, -0.25) is 4.98 Å². The van der Waals surface area contributed by atoms with Crippen LogP contribution in [-0.2, 0) is 6.67 Å². The Morgan fingerprint density at radius 1 is 0.893 bits per heavy atom. The van der Waals surface area contributed by atoms with Crippen LogP contribution < -0.4 is 0 Å². The number of unbranched alkanes of at least 4 members (excludes halogenated alkanes) is 1. The molecule has 0 spiro atoms. The molecule has 3 rings (SSSR count). The summed E-state index contributed by atoms with van der Waals surface area (Å²) >= 11 is 0. The number of alkyl halides is 1. The van der Waals surface area contributed by atoms with Crippen LogP contribution in [0.15, 0.2) is 54.7 Å². The summed E-state index contributed by atoms with van der Waals surface area (Å²) in [6, 6.07) is 9.88. The lowest BCUT2D eigenvalue weighted by atomic mass is 10.00. The van der Waals surface area contributed by atoms with Crippen molar-refractivity contribution in [1.29, 1.82) is 0 Å². The highest BCUT2D eigenvalue weighted by Gasteiger charge is 2.15. The lowest BCUT2D eigenvalue weighted by Crippen LogP contribution is -1.96. The molecule has 1 heterocycles. The van der Waals surface area contributed by atoms with E-state index >= 15 is 0 Å². The topological polar surface area (TPSA) is 12.9 Å². The summed E-state index contributed by atoms with van der Waals surface area (Å²) in [5.41, 5.74) is 1.48. The molecule has 0 aliphatic carbocycles. The number of pyridine rings is 1. The fraction of sp³-hybridized carbons (Fsp3) is 0.174. The van der Waals surface area contributed by atoms with Gasteiger partial charge in [0.1, 0.15) is 24.1 Å². The summed E-state index contributed by atoms with van der Waals surface area (Å²) in [5.74, 6) is -2.71. The minimum atomic E-state index is -1.26. The van der Waals surface area contributed by atoms with Gasteiger partial charge in [0.05, 0.1) is 11.3 Å². The average Bonchev–Trinajstić information content (AvgIpc) is 2.68. The lowest BCUT2D eigenvalue weighted by Gasteiger charge is -2.09. The summed E-state index contributed by atoms with van der Waals surface area (Å²) in [6.45, 7) is 0.844. The van der Waals surface area contributed by atoms with Gasteiger partial charge in [-0.25, -0.2) is 17.6 Å². The third kappa shape index (κ3) is 4.30. The molecule has 0 fully saturated rings. The Hall–Kier alpha value is -2.95. The fourth-order valence-corrected chi connectivity index (χ4v) is 2.86. The average molecular weight is 385 g/mol. The summed E-state index contributed by atoms with van der Waals surface area (Å²) in [5, 5.41) is 0. The van der Waals surface area contributed by atoms with Crippen LogP contribution in [0.25, 0.3) is 28.5 Å². The molecule has 3 aromatic rings. The second kappa shape index (κ2) is 8.83. The standard InChI is InChI=1S/C23H19F4N/c1-2-3-4-5-15-6-9-23(28-14-15)16-7-8-18(20(25)10-16)17-11-21(26)19(13-24)22(27)12-17/h4-12,14H,2-3,13H2,1H3/b5-4+. The number of nitrogens with zero attached hydrogens (tertiary/aromatic N) is 1. The van der Waals surface area contributed by atoms with E-state index in [1.165, 1.54) is 12.1 Å². The lowest BCUT2D eigenvalue weighted by molar-refractivity contribution is 0.440. The molecule has 0 aliphatic rings. The van der Waals surface area contributed by atoms with Crippen molar-refractivity contribution in [1.82, 2.24) is 4.98 Å². The zero-order valence-electron chi connectivity index (χ0n) is 15.4. The smallest absolute Gasteiger partial charge is 0.132 e. The van der Waals surface area contributed by atoms with Crippen molar-refractivity contribution < 1.29 is 17.6 Å². The molecular weight excluding hydrogens is 366 g/mol. The first-order valence-corrected chi connectivity index (χ1v) is 9.00. The van der Waals surface area contributed by atoms with Crippen molar-refractivity contribution in [3.63, 3.8) is 0 Å². The Balaban J connectivity index is 1.89. The zero-order chi connectivity index (χ0) is 20.1. The molecule has 5 heteroatoms. The zero-order valence-corrected chi connectivity index (χ0v) is 15.4. The quantitative estimate of drug-likeness (QED) is 0.412. The SMILES string of the molecule is CCC/C=C/c1ccc(-c2ccc(-c3cc(F)c(CF)c(F)c3)c(F)c2)nc1. The van der Waals surface area contributed by atoms with Crippen LogP contribution in [-0.4, -0.2) is 4.98 Å². The van der Waals surface area contributed by atoms with E-state index in [1.807, 2.05) is 12.1 Å². The van der Waals surface area contributed by atoms with Crippen molar-refractivity contribution in [3.05, 3.63) is 83.3 Å². The number of rotatable bonds is 6. The maximum Gasteiger partial charge on any atom is 0.132 e. The second-order valence-corrected chi connectivity index (χ2v) is 6.41. The molecule has 0 amide bonds. The van der Waals surface area contributed by atoms with Crippen molar-refractivity contribution in [2.75, 3.05) is 0 Å². The highest BCUT2D eigenvalue weighted by atomic mass is 19.1. The molecule has 0 saturated heterocycles. The van der Waals surface area contributed by atoms with Crippen molar-refractivity contribution in [2.45, 2.75) is 26.4 Å². The summed E-state index contributed by atoms with van der Waals surface area (Å²) in [4.78, 5) is 4.34. The Morgan fingerprint density at radius 2 is 1.61 bits per heavy atom. The van der Waals surface area contributed by atoms with Crippen LogP contribution in [0.2, 0.25) is 0 Å². The van der Waals surface area contributed by atoms with Gasteiger partial charge in [0.25, 0.3) is 0 Å². The second-order valence-electron chi connectivity index (χ2n) is 6.41. The Kier molecular flexibility index (Phi) is 6.24. The number of allylic oxidation sites excluding steroid dienone is 1. The summed E-state index contributed by atoms with van der Waals surface area (Å²) in [6.07, 6.45) is 7.80. The molecule has 0 radical (unpaired) electrons. The Labute approximate surface area is 161 Å². The van der Waals surface area contributed by atoms with E-state index < -0.39 is 29.7 Å². The van der Waals surface area contributed by atoms with Crippen LogP contribution in [0.1, 0.15) is 30.9 Å². The number of halogens is 4. The van der Waals surface area contributed by atoms with Gasteiger partial charge in [0.15, 0.2) is 0 Å². The third-order valence-electron chi connectivity index (χ3n) is 4.40. The molecule has 1 aromatic heterocycles. The molecule has 0 bridgehead atoms. The van der Waals surface area contributed by atoms with Crippen molar-refractivity contribution in [2.24, 2.45) is 0 Å². The summed E-state index contributed by atoms with van der Waals surface area (Å²) < 4.78 is 54.9. The first-order chi connectivity index (χ1) is 13.5. The highest BCUT2D eigenvalue weighted by molar-refractivity contribution is 5.70. The van der Waals surface area contributed by atoms with Gasteiger partial charge in [-0.2, -0.15) is 0 Å². The first-order valence-electron chi connectivity index (χ1n) is 9.00. The molecule has 0 N–H and O–H groups in total. The maximum absolute atomic E-state index is 14.6. The van der Waals surface area contributed by atoms with Gasteiger partial charge in [0.2, 0.25) is 0 Å². The highest BCUT2D eigenvalue weighted by Crippen LogP contribution is 2.30. The van der Waals surface area contributed by atoms with Gasteiger partial charge >= 0.3 is 0 Å². The number of hydrogen-bond donors (Lipinski definition) is 0. The molecule has 2 aromatic carbocycles. The minimum Gasteiger partial charge on any atom is -0.256 e. The van der Waals surface area contributed by atoms with Gasteiger partial charge in [-0.05, 0) is 41.8 Å². The number of benzene rings is 2. The molecule has 0 unspecified atom stereocenters. The fourth-order valence-electron chi connectivity index (χ4n) is 2.86. The van der Waals surface area contributed by atoms with Crippen LogP contribution in [0.4, 0.5) is 17.6 Å². The van der Waals surface area contributed by atoms with Gasteiger partial charge in [0, 0.05) is 17.3 Å². The normalized spacial score (nSPS) is 11.3. The largest absolute Gasteiger partial charge is 0.256 e. The van der Waals surface area contributed by atoms with Crippen LogP contribution in [0.3, 0.4) is 0 Å². The van der Waals surface area contributed by atoms with E-state index in [0.29, 0.717) is 11.3 Å². The maximum atomic E-state index is 14.6. The van der Waals surface area contributed by atoms with Gasteiger partial charge < -0.3 is 0 Å². The number of hydrogen-bond acceptors (Lipinski definition) is 1. The predicted octanol–water partition coefficient (Wildman–Crippen LogP) is 7.12. The van der Waals surface area contributed by atoms with E-state index in [2.05, 4.69) is 18.0 Å². The first kappa shape index (κ1) is 19.8. The molecular formula is C23H19F4N. The van der Waals surface area contributed by atoms with Crippen molar-refractivity contribution >= 4 is 6.08 Å². The third-order valence-corrected chi connectivity index (χ3v) is 4.40.